The standard InChI is InChI=1S/C16H20F2N2O2/c17-13-2-1-3-14(18)15(13)20-7-4-12(10-20)19-16(21)11-5-8-22-9-6-11/h1-3,11-12H,4-10H2,(H,19,21)/t12-/m0/s1. The third-order valence-corrected chi connectivity index (χ3v) is 4.38. The Bertz CT molecular complexity index is 527. The maximum Gasteiger partial charge on any atom is 0.223 e. The first kappa shape index (κ1) is 15.2. The molecule has 0 radical (unpaired) electrons. The van der Waals surface area contributed by atoms with Crippen LogP contribution >= 0.6 is 0 Å². The Hall–Kier alpha value is -1.69. The second-order valence-electron chi connectivity index (χ2n) is 5.90. The van der Waals surface area contributed by atoms with E-state index in [0.29, 0.717) is 32.7 Å². The third kappa shape index (κ3) is 3.21. The fourth-order valence-corrected chi connectivity index (χ4v) is 3.15. The van der Waals surface area contributed by atoms with Gasteiger partial charge in [0.2, 0.25) is 5.91 Å². The van der Waals surface area contributed by atoms with Crippen molar-refractivity contribution in [1.82, 2.24) is 5.32 Å². The molecular formula is C16H20F2N2O2. The Morgan fingerprint density at radius 3 is 2.55 bits per heavy atom. The van der Waals surface area contributed by atoms with Crippen molar-refractivity contribution in [3.63, 3.8) is 0 Å². The number of amides is 1. The molecule has 1 amide bonds. The molecule has 2 aliphatic heterocycles. The highest BCUT2D eigenvalue weighted by Crippen LogP contribution is 2.27. The molecule has 0 saturated carbocycles. The van der Waals surface area contributed by atoms with E-state index in [4.69, 9.17) is 4.74 Å². The minimum absolute atomic E-state index is 0.00492. The number of hydrogen-bond acceptors (Lipinski definition) is 3. The lowest BCUT2D eigenvalue weighted by Crippen LogP contribution is -2.42. The van der Waals surface area contributed by atoms with Gasteiger partial charge in [-0.1, -0.05) is 6.07 Å². The van der Waals surface area contributed by atoms with Crippen molar-refractivity contribution in [2.45, 2.75) is 25.3 Å². The number of nitrogens with one attached hydrogen (secondary N) is 1. The summed E-state index contributed by atoms with van der Waals surface area (Å²) in [6.07, 6.45) is 2.18. The van der Waals surface area contributed by atoms with Gasteiger partial charge < -0.3 is 15.0 Å². The van der Waals surface area contributed by atoms with Crippen molar-refractivity contribution in [3.05, 3.63) is 29.8 Å². The van der Waals surface area contributed by atoms with Crippen LogP contribution in [0, 0.1) is 17.6 Å². The fraction of sp³-hybridized carbons (Fsp3) is 0.562. The van der Waals surface area contributed by atoms with Gasteiger partial charge in [-0.2, -0.15) is 0 Å². The van der Waals surface area contributed by atoms with Gasteiger partial charge in [-0.25, -0.2) is 8.78 Å². The Morgan fingerprint density at radius 1 is 1.18 bits per heavy atom. The van der Waals surface area contributed by atoms with E-state index < -0.39 is 11.6 Å². The van der Waals surface area contributed by atoms with Crippen LogP contribution in [0.25, 0.3) is 0 Å². The van der Waals surface area contributed by atoms with Gasteiger partial charge in [0.1, 0.15) is 17.3 Å². The lowest BCUT2D eigenvalue weighted by molar-refractivity contribution is -0.128. The molecule has 3 rings (SSSR count). The molecule has 1 atom stereocenters. The topological polar surface area (TPSA) is 41.6 Å². The molecule has 120 valence electrons. The van der Waals surface area contributed by atoms with Gasteiger partial charge in [0.15, 0.2) is 0 Å². The van der Waals surface area contributed by atoms with E-state index in [1.807, 2.05) is 0 Å². The van der Waals surface area contributed by atoms with Crippen LogP contribution in [0.4, 0.5) is 14.5 Å². The zero-order chi connectivity index (χ0) is 15.5. The molecule has 6 heteroatoms. The van der Waals surface area contributed by atoms with Crippen molar-refractivity contribution in [1.29, 1.82) is 0 Å². The van der Waals surface area contributed by atoms with Gasteiger partial charge in [-0.3, -0.25) is 4.79 Å². The summed E-state index contributed by atoms with van der Waals surface area (Å²) in [6, 6.07) is 3.81. The zero-order valence-corrected chi connectivity index (χ0v) is 12.4. The molecule has 0 aliphatic carbocycles. The number of benzene rings is 1. The molecule has 0 aromatic heterocycles. The number of nitrogens with zero attached hydrogens (tertiary/aromatic N) is 1. The number of carbonyl (C=O) groups excluding carboxylic acids is 1. The predicted octanol–water partition coefficient (Wildman–Crippen LogP) is 2.09. The molecule has 2 fully saturated rings. The maximum absolute atomic E-state index is 13.8. The summed E-state index contributed by atoms with van der Waals surface area (Å²) in [4.78, 5) is 13.9. The summed E-state index contributed by atoms with van der Waals surface area (Å²) in [6.45, 7) is 2.22. The van der Waals surface area contributed by atoms with E-state index in [1.54, 1.807) is 4.90 Å². The second kappa shape index (κ2) is 6.60. The number of anilines is 1. The lowest BCUT2D eigenvalue weighted by Gasteiger charge is -2.24. The summed E-state index contributed by atoms with van der Waals surface area (Å²) >= 11 is 0. The molecule has 22 heavy (non-hydrogen) atoms. The largest absolute Gasteiger partial charge is 0.381 e. The summed E-state index contributed by atoms with van der Waals surface area (Å²) in [5.74, 6) is -1.09. The molecule has 2 heterocycles. The number of rotatable bonds is 3. The van der Waals surface area contributed by atoms with Crippen molar-refractivity contribution in [2.24, 2.45) is 5.92 Å². The molecule has 4 nitrogen and oxygen atoms in total. The molecule has 1 aromatic carbocycles. The molecular weight excluding hydrogens is 290 g/mol. The van der Waals surface area contributed by atoms with Gasteiger partial charge in [0.05, 0.1) is 0 Å². The van der Waals surface area contributed by atoms with Gasteiger partial charge in [-0.15, -0.1) is 0 Å². The van der Waals surface area contributed by atoms with Gasteiger partial charge in [0.25, 0.3) is 0 Å². The van der Waals surface area contributed by atoms with E-state index >= 15 is 0 Å². The van der Waals surface area contributed by atoms with Gasteiger partial charge >= 0.3 is 0 Å². The van der Waals surface area contributed by atoms with Crippen molar-refractivity contribution < 1.29 is 18.3 Å². The number of carbonyl (C=O) groups is 1. The van der Waals surface area contributed by atoms with Crippen molar-refractivity contribution in [3.8, 4) is 0 Å². The highest BCUT2D eigenvalue weighted by molar-refractivity contribution is 5.79. The monoisotopic (exact) mass is 310 g/mol. The van der Waals surface area contributed by atoms with Gasteiger partial charge in [0, 0.05) is 38.3 Å². The number of para-hydroxylation sites is 1. The normalized spacial score (nSPS) is 22.8. The first-order valence-electron chi connectivity index (χ1n) is 7.72. The van der Waals surface area contributed by atoms with Crippen LogP contribution in [0.1, 0.15) is 19.3 Å². The Kier molecular flexibility index (Phi) is 4.57. The Balaban J connectivity index is 1.59. The van der Waals surface area contributed by atoms with Crippen LogP contribution in [0.5, 0.6) is 0 Å². The average molecular weight is 310 g/mol. The van der Waals surface area contributed by atoms with Crippen LogP contribution in [0.3, 0.4) is 0 Å². The van der Waals surface area contributed by atoms with E-state index in [0.717, 1.165) is 12.8 Å². The van der Waals surface area contributed by atoms with Crippen LogP contribution < -0.4 is 10.2 Å². The first-order valence-corrected chi connectivity index (χ1v) is 7.72. The van der Waals surface area contributed by atoms with E-state index in [9.17, 15) is 13.6 Å². The number of ether oxygens (including phenoxy) is 1. The zero-order valence-electron chi connectivity index (χ0n) is 12.4. The smallest absolute Gasteiger partial charge is 0.223 e. The molecule has 0 unspecified atom stereocenters. The van der Waals surface area contributed by atoms with Gasteiger partial charge in [-0.05, 0) is 31.4 Å². The summed E-state index contributed by atoms with van der Waals surface area (Å²) in [5.41, 5.74) is 0.00492. The molecule has 0 bridgehead atoms. The molecule has 1 N–H and O–H groups in total. The highest BCUT2D eigenvalue weighted by atomic mass is 19.1. The molecule has 2 saturated heterocycles. The summed E-state index contributed by atoms with van der Waals surface area (Å²) in [7, 11) is 0. The minimum Gasteiger partial charge on any atom is -0.381 e. The number of hydrogen-bond donors (Lipinski definition) is 1. The summed E-state index contributed by atoms with van der Waals surface area (Å²) in [5, 5.41) is 3.01. The average Bonchev–Trinajstić information content (AvgIpc) is 2.96. The summed E-state index contributed by atoms with van der Waals surface area (Å²) < 4.78 is 32.8. The molecule has 2 aliphatic rings. The van der Waals surface area contributed by atoms with Crippen LogP contribution in [-0.2, 0) is 9.53 Å². The third-order valence-electron chi connectivity index (χ3n) is 4.38. The Morgan fingerprint density at radius 2 is 1.86 bits per heavy atom. The van der Waals surface area contributed by atoms with E-state index in [1.165, 1.54) is 18.2 Å². The minimum atomic E-state index is -0.559. The maximum atomic E-state index is 13.8. The van der Waals surface area contributed by atoms with Crippen molar-refractivity contribution >= 4 is 11.6 Å². The first-order chi connectivity index (χ1) is 10.6. The SMILES string of the molecule is O=C(N[C@H]1CCN(c2c(F)cccc2F)C1)C1CCOCC1. The predicted molar refractivity (Wildman–Crippen MR) is 78.7 cm³/mol. The van der Waals surface area contributed by atoms with Crippen molar-refractivity contribution in [2.75, 3.05) is 31.2 Å². The highest BCUT2D eigenvalue weighted by Gasteiger charge is 2.30. The Labute approximate surface area is 128 Å². The van der Waals surface area contributed by atoms with Crippen LogP contribution in [0.15, 0.2) is 18.2 Å². The fourth-order valence-electron chi connectivity index (χ4n) is 3.15. The second-order valence-corrected chi connectivity index (χ2v) is 5.90. The van der Waals surface area contributed by atoms with E-state index in [-0.39, 0.29) is 23.6 Å². The quantitative estimate of drug-likeness (QED) is 0.929. The van der Waals surface area contributed by atoms with Crippen LogP contribution in [0.2, 0.25) is 0 Å². The number of halogens is 2. The molecule has 0 spiro atoms. The van der Waals surface area contributed by atoms with Crippen LogP contribution in [-0.4, -0.2) is 38.3 Å². The molecule has 1 aromatic rings. The van der Waals surface area contributed by atoms with E-state index in [2.05, 4.69) is 5.32 Å². The lowest BCUT2D eigenvalue weighted by atomic mass is 9.99.